The van der Waals surface area contributed by atoms with E-state index in [1.165, 1.54) is 12.8 Å². The van der Waals surface area contributed by atoms with E-state index in [0.29, 0.717) is 11.5 Å². The third-order valence-corrected chi connectivity index (χ3v) is 2.53. The van der Waals surface area contributed by atoms with Gasteiger partial charge in [-0.2, -0.15) is 0 Å². The van der Waals surface area contributed by atoms with E-state index in [1.54, 1.807) is 6.07 Å². The Hall–Kier alpha value is -1.31. The van der Waals surface area contributed by atoms with E-state index < -0.39 is 0 Å². The molecule has 0 aliphatic heterocycles. The fourth-order valence-electron chi connectivity index (χ4n) is 1.45. The molecule has 1 aliphatic rings. The summed E-state index contributed by atoms with van der Waals surface area (Å²) in [6.07, 6.45) is 3.39. The van der Waals surface area contributed by atoms with E-state index in [4.69, 9.17) is 4.74 Å². The first-order valence-electron chi connectivity index (χ1n) is 4.99. The highest BCUT2D eigenvalue weighted by atomic mass is 16.5. The van der Waals surface area contributed by atoms with Gasteiger partial charge in [-0.1, -0.05) is 12.1 Å². The third-order valence-electron chi connectivity index (χ3n) is 2.53. The molecule has 0 N–H and O–H groups in total. The SMILES string of the molecule is Cc1cccc(C=O)c1OCC1CC1. The van der Waals surface area contributed by atoms with Crippen LogP contribution in [0.15, 0.2) is 18.2 Å². The second-order valence-electron chi connectivity index (χ2n) is 3.87. The van der Waals surface area contributed by atoms with Crippen molar-refractivity contribution in [2.45, 2.75) is 19.8 Å². The van der Waals surface area contributed by atoms with Gasteiger partial charge >= 0.3 is 0 Å². The molecule has 0 radical (unpaired) electrons. The molecule has 1 fully saturated rings. The number of aldehydes is 1. The maximum absolute atomic E-state index is 10.8. The van der Waals surface area contributed by atoms with E-state index in [2.05, 4.69) is 0 Å². The van der Waals surface area contributed by atoms with Crippen LogP contribution >= 0.6 is 0 Å². The fourth-order valence-corrected chi connectivity index (χ4v) is 1.45. The van der Waals surface area contributed by atoms with Crippen molar-refractivity contribution in [2.75, 3.05) is 6.61 Å². The number of aryl methyl sites for hydroxylation is 1. The number of carbonyl (C=O) groups is 1. The fraction of sp³-hybridized carbons (Fsp3) is 0.417. The van der Waals surface area contributed by atoms with Gasteiger partial charge in [0, 0.05) is 0 Å². The molecule has 14 heavy (non-hydrogen) atoms. The second kappa shape index (κ2) is 3.82. The molecule has 0 aromatic heterocycles. The van der Waals surface area contributed by atoms with Crippen molar-refractivity contribution in [3.63, 3.8) is 0 Å². The summed E-state index contributed by atoms with van der Waals surface area (Å²) in [7, 11) is 0. The van der Waals surface area contributed by atoms with Crippen LogP contribution in [0.3, 0.4) is 0 Å². The van der Waals surface area contributed by atoms with Gasteiger partial charge in [0.05, 0.1) is 12.2 Å². The molecule has 1 aliphatic carbocycles. The predicted octanol–water partition coefficient (Wildman–Crippen LogP) is 2.60. The van der Waals surface area contributed by atoms with Crippen LogP contribution in [0.5, 0.6) is 5.75 Å². The van der Waals surface area contributed by atoms with Crippen LogP contribution < -0.4 is 4.74 Å². The van der Waals surface area contributed by atoms with E-state index in [1.807, 2.05) is 19.1 Å². The molecule has 1 saturated carbocycles. The molecule has 0 atom stereocenters. The maximum Gasteiger partial charge on any atom is 0.153 e. The monoisotopic (exact) mass is 190 g/mol. The van der Waals surface area contributed by atoms with Gasteiger partial charge in [-0.3, -0.25) is 4.79 Å². The van der Waals surface area contributed by atoms with Crippen LogP contribution in [-0.2, 0) is 0 Å². The van der Waals surface area contributed by atoms with E-state index >= 15 is 0 Å². The van der Waals surface area contributed by atoms with Gasteiger partial charge in [-0.25, -0.2) is 0 Å². The van der Waals surface area contributed by atoms with Gasteiger partial charge in [-0.15, -0.1) is 0 Å². The lowest BCUT2D eigenvalue weighted by atomic mass is 10.1. The quantitative estimate of drug-likeness (QED) is 0.682. The topological polar surface area (TPSA) is 26.3 Å². The Morgan fingerprint density at radius 2 is 2.29 bits per heavy atom. The molecular weight excluding hydrogens is 176 g/mol. The molecule has 0 unspecified atom stereocenters. The third kappa shape index (κ3) is 1.95. The van der Waals surface area contributed by atoms with Crippen LogP contribution in [-0.4, -0.2) is 12.9 Å². The minimum atomic E-state index is 0.658. The Balaban J connectivity index is 2.15. The molecule has 1 aromatic carbocycles. The maximum atomic E-state index is 10.8. The average molecular weight is 190 g/mol. The Morgan fingerprint density at radius 3 is 2.93 bits per heavy atom. The van der Waals surface area contributed by atoms with Crippen LogP contribution in [0.1, 0.15) is 28.8 Å². The van der Waals surface area contributed by atoms with Crippen molar-refractivity contribution in [3.05, 3.63) is 29.3 Å². The zero-order valence-corrected chi connectivity index (χ0v) is 8.32. The minimum absolute atomic E-state index is 0.658. The molecule has 0 heterocycles. The molecule has 0 saturated heterocycles. The predicted molar refractivity (Wildman–Crippen MR) is 54.8 cm³/mol. The van der Waals surface area contributed by atoms with Crippen molar-refractivity contribution < 1.29 is 9.53 Å². The number of ether oxygens (including phenoxy) is 1. The van der Waals surface area contributed by atoms with Gasteiger partial charge < -0.3 is 4.74 Å². The summed E-state index contributed by atoms with van der Waals surface area (Å²) in [6, 6.07) is 5.64. The molecule has 0 spiro atoms. The van der Waals surface area contributed by atoms with Gasteiger partial charge in [0.25, 0.3) is 0 Å². The zero-order valence-electron chi connectivity index (χ0n) is 8.32. The summed E-state index contributed by atoms with van der Waals surface area (Å²) in [5.74, 6) is 1.48. The number of rotatable bonds is 4. The lowest BCUT2D eigenvalue weighted by Crippen LogP contribution is -2.02. The number of benzene rings is 1. The summed E-state index contributed by atoms with van der Waals surface area (Å²) in [4.78, 5) is 10.8. The highest BCUT2D eigenvalue weighted by Crippen LogP contribution is 2.31. The highest BCUT2D eigenvalue weighted by molar-refractivity contribution is 5.80. The first-order valence-corrected chi connectivity index (χ1v) is 4.99. The molecule has 74 valence electrons. The number of para-hydroxylation sites is 1. The Morgan fingerprint density at radius 1 is 1.50 bits per heavy atom. The molecular formula is C12H14O2. The smallest absolute Gasteiger partial charge is 0.153 e. The lowest BCUT2D eigenvalue weighted by Gasteiger charge is -2.10. The van der Waals surface area contributed by atoms with Gasteiger partial charge in [0.2, 0.25) is 0 Å². The van der Waals surface area contributed by atoms with E-state index in [0.717, 1.165) is 24.2 Å². The van der Waals surface area contributed by atoms with Crippen LogP contribution in [0.4, 0.5) is 0 Å². The van der Waals surface area contributed by atoms with Crippen molar-refractivity contribution in [1.29, 1.82) is 0 Å². The minimum Gasteiger partial charge on any atom is -0.492 e. The van der Waals surface area contributed by atoms with Gasteiger partial charge in [-0.05, 0) is 37.3 Å². The summed E-state index contributed by atoms with van der Waals surface area (Å²) in [6.45, 7) is 2.72. The Labute approximate surface area is 83.9 Å². The van der Waals surface area contributed by atoms with E-state index in [-0.39, 0.29) is 0 Å². The first-order chi connectivity index (χ1) is 6.81. The normalized spacial score (nSPS) is 15.2. The second-order valence-corrected chi connectivity index (χ2v) is 3.87. The molecule has 1 aromatic rings. The number of hydrogen-bond donors (Lipinski definition) is 0. The van der Waals surface area contributed by atoms with E-state index in [9.17, 15) is 4.79 Å². The summed E-state index contributed by atoms with van der Waals surface area (Å²) in [5, 5.41) is 0. The molecule has 0 bridgehead atoms. The van der Waals surface area contributed by atoms with Crippen molar-refractivity contribution in [1.82, 2.24) is 0 Å². The molecule has 2 nitrogen and oxygen atoms in total. The molecule has 2 rings (SSSR count). The van der Waals surface area contributed by atoms with Crippen LogP contribution in [0.2, 0.25) is 0 Å². The number of carbonyl (C=O) groups excluding carboxylic acids is 1. The Bertz CT molecular complexity index is 340. The summed E-state index contributed by atoms with van der Waals surface area (Å²) >= 11 is 0. The summed E-state index contributed by atoms with van der Waals surface area (Å²) in [5.41, 5.74) is 1.70. The van der Waals surface area contributed by atoms with Crippen LogP contribution in [0, 0.1) is 12.8 Å². The standard InChI is InChI=1S/C12H14O2/c1-9-3-2-4-11(7-13)12(9)14-8-10-5-6-10/h2-4,7,10H,5-6,8H2,1H3. The lowest BCUT2D eigenvalue weighted by molar-refractivity contribution is 0.111. The number of hydrogen-bond acceptors (Lipinski definition) is 2. The molecule has 0 amide bonds. The first kappa shape index (κ1) is 9.25. The average Bonchev–Trinajstić information content (AvgIpc) is 2.99. The van der Waals surface area contributed by atoms with Crippen molar-refractivity contribution in [3.8, 4) is 5.75 Å². The van der Waals surface area contributed by atoms with Crippen LogP contribution in [0.25, 0.3) is 0 Å². The highest BCUT2D eigenvalue weighted by Gasteiger charge is 2.22. The molecule has 2 heteroatoms. The van der Waals surface area contributed by atoms with Crippen molar-refractivity contribution in [2.24, 2.45) is 5.92 Å². The Kier molecular flexibility index (Phi) is 2.53. The zero-order chi connectivity index (χ0) is 9.97. The summed E-state index contributed by atoms with van der Waals surface area (Å²) < 4.78 is 5.65. The van der Waals surface area contributed by atoms with Crippen molar-refractivity contribution >= 4 is 6.29 Å². The van der Waals surface area contributed by atoms with Gasteiger partial charge in [0.15, 0.2) is 6.29 Å². The largest absolute Gasteiger partial charge is 0.492 e. The van der Waals surface area contributed by atoms with Gasteiger partial charge in [0.1, 0.15) is 5.75 Å².